The SMILES string of the molecule is CCOC(=O)CCC(=O)Nc1ccc(C)cc1OCC. The summed E-state index contributed by atoms with van der Waals surface area (Å²) in [5.41, 5.74) is 1.67. The van der Waals surface area contributed by atoms with Gasteiger partial charge < -0.3 is 14.8 Å². The fourth-order valence-electron chi connectivity index (χ4n) is 1.67. The Morgan fingerprint density at radius 1 is 1.15 bits per heavy atom. The molecule has 20 heavy (non-hydrogen) atoms. The topological polar surface area (TPSA) is 64.6 Å². The van der Waals surface area contributed by atoms with Gasteiger partial charge in [0.2, 0.25) is 5.91 Å². The molecule has 0 heterocycles. The lowest BCUT2D eigenvalue weighted by molar-refractivity contribution is -0.144. The van der Waals surface area contributed by atoms with Gasteiger partial charge in [0.15, 0.2) is 0 Å². The van der Waals surface area contributed by atoms with Gasteiger partial charge in [-0.3, -0.25) is 9.59 Å². The second kappa shape index (κ2) is 8.19. The van der Waals surface area contributed by atoms with Crippen LogP contribution in [0.25, 0.3) is 0 Å². The number of rotatable bonds is 7. The third-order valence-electron chi connectivity index (χ3n) is 2.57. The highest BCUT2D eigenvalue weighted by atomic mass is 16.5. The van der Waals surface area contributed by atoms with Crippen molar-refractivity contribution in [1.29, 1.82) is 0 Å². The van der Waals surface area contributed by atoms with Gasteiger partial charge >= 0.3 is 5.97 Å². The molecule has 1 N–H and O–H groups in total. The van der Waals surface area contributed by atoms with Gasteiger partial charge in [-0.1, -0.05) is 6.07 Å². The number of carbonyl (C=O) groups excluding carboxylic acids is 2. The van der Waals surface area contributed by atoms with Crippen LogP contribution in [0.1, 0.15) is 32.3 Å². The quantitative estimate of drug-likeness (QED) is 0.779. The van der Waals surface area contributed by atoms with Gasteiger partial charge in [0.25, 0.3) is 0 Å². The summed E-state index contributed by atoms with van der Waals surface area (Å²) >= 11 is 0. The van der Waals surface area contributed by atoms with Crippen molar-refractivity contribution in [3.8, 4) is 5.75 Å². The van der Waals surface area contributed by atoms with Gasteiger partial charge in [-0.25, -0.2) is 0 Å². The summed E-state index contributed by atoms with van der Waals surface area (Å²) in [6.45, 7) is 6.42. The van der Waals surface area contributed by atoms with E-state index in [1.54, 1.807) is 13.0 Å². The molecule has 0 spiro atoms. The lowest BCUT2D eigenvalue weighted by Gasteiger charge is -2.12. The van der Waals surface area contributed by atoms with E-state index in [1.165, 1.54) is 0 Å². The van der Waals surface area contributed by atoms with Gasteiger partial charge in [0, 0.05) is 6.42 Å². The van der Waals surface area contributed by atoms with Crippen LogP contribution in [0.3, 0.4) is 0 Å². The zero-order chi connectivity index (χ0) is 15.0. The van der Waals surface area contributed by atoms with Crippen molar-refractivity contribution < 1.29 is 19.1 Å². The maximum absolute atomic E-state index is 11.8. The monoisotopic (exact) mass is 279 g/mol. The molecule has 0 saturated carbocycles. The number of benzene rings is 1. The Kier molecular flexibility index (Phi) is 6.56. The van der Waals surface area contributed by atoms with Crippen LogP contribution in [-0.4, -0.2) is 25.1 Å². The molecule has 0 aliphatic carbocycles. The van der Waals surface area contributed by atoms with E-state index in [0.717, 1.165) is 5.56 Å². The Labute approximate surface area is 119 Å². The first-order valence-electron chi connectivity index (χ1n) is 6.75. The van der Waals surface area contributed by atoms with Crippen LogP contribution < -0.4 is 10.1 Å². The van der Waals surface area contributed by atoms with Crippen molar-refractivity contribution in [3.05, 3.63) is 23.8 Å². The van der Waals surface area contributed by atoms with E-state index < -0.39 is 0 Å². The standard InChI is InChI=1S/C15H21NO4/c1-4-19-13-10-11(3)6-7-12(13)16-14(17)8-9-15(18)20-5-2/h6-7,10H,4-5,8-9H2,1-3H3,(H,16,17). The first-order chi connectivity index (χ1) is 9.56. The molecule has 0 bridgehead atoms. The van der Waals surface area contributed by atoms with Crippen LogP contribution in [-0.2, 0) is 14.3 Å². The first-order valence-corrected chi connectivity index (χ1v) is 6.75. The number of amides is 1. The molecule has 5 heteroatoms. The number of carbonyl (C=O) groups is 2. The Bertz CT molecular complexity index is 471. The molecule has 0 fully saturated rings. The third kappa shape index (κ3) is 5.30. The fourth-order valence-corrected chi connectivity index (χ4v) is 1.67. The van der Waals surface area contributed by atoms with Crippen molar-refractivity contribution in [2.24, 2.45) is 0 Å². The summed E-state index contributed by atoms with van der Waals surface area (Å²) in [5.74, 6) is 0.0384. The molecule has 1 amide bonds. The smallest absolute Gasteiger partial charge is 0.306 e. The Morgan fingerprint density at radius 2 is 1.90 bits per heavy atom. The molecule has 0 radical (unpaired) electrons. The van der Waals surface area contributed by atoms with Crippen LogP contribution in [0.4, 0.5) is 5.69 Å². The number of aryl methyl sites for hydroxylation is 1. The van der Waals surface area contributed by atoms with Gasteiger partial charge in [0.05, 0.1) is 25.3 Å². The second-order valence-corrected chi connectivity index (χ2v) is 4.29. The number of nitrogens with one attached hydrogen (secondary N) is 1. The highest BCUT2D eigenvalue weighted by Gasteiger charge is 2.10. The third-order valence-corrected chi connectivity index (χ3v) is 2.57. The normalized spacial score (nSPS) is 9.95. The van der Waals surface area contributed by atoms with E-state index in [4.69, 9.17) is 9.47 Å². The molecule has 1 aromatic carbocycles. The molecule has 1 rings (SSSR count). The van der Waals surface area contributed by atoms with E-state index in [0.29, 0.717) is 24.7 Å². The molecule has 110 valence electrons. The van der Waals surface area contributed by atoms with E-state index in [1.807, 2.05) is 26.0 Å². The van der Waals surface area contributed by atoms with Crippen molar-refractivity contribution >= 4 is 17.6 Å². The van der Waals surface area contributed by atoms with E-state index in [9.17, 15) is 9.59 Å². The number of esters is 1. The minimum atomic E-state index is -0.364. The summed E-state index contributed by atoms with van der Waals surface area (Å²) in [6, 6.07) is 5.55. The average Bonchev–Trinajstić information content (AvgIpc) is 2.40. The van der Waals surface area contributed by atoms with Crippen molar-refractivity contribution in [1.82, 2.24) is 0 Å². The van der Waals surface area contributed by atoms with Crippen LogP contribution in [0, 0.1) is 6.92 Å². The number of hydrogen-bond donors (Lipinski definition) is 1. The van der Waals surface area contributed by atoms with Crippen LogP contribution >= 0.6 is 0 Å². The maximum Gasteiger partial charge on any atom is 0.306 e. The average molecular weight is 279 g/mol. The van der Waals surface area contributed by atoms with Gasteiger partial charge in [0.1, 0.15) is 5.75 Å². The zero-order valence-corrected chi connectivity index (χ0v) is 12.2. The molecule has 0 atom stereocenters. The maximum atomic E-state index is 11.8. The molecule has 0 aliphatic heterocycles. The predicted molar refractivity (Wildman–Crippen MR) is 76.8 cm³/mol. The first kappa shape index (κ1) is 16.0. The van der Waals surface area contributed by atoms with Crippen molar-refractivity contribution in [2.45, 2.75) is 33.6 Å². The predicted octanol–water partition coefficient (Wildman–Crippen LogP) is 2.68. The number of ether oxygens (including phenoxy) is 2. The summed E-state index contributed by atoms with van der Waals surface area (Å²) < 4.78 is 10.3. The largest absolute Gasteiger partial charge is 0.492 e. The van der Waals surface area contributed by atoms with E-state index in [2.05, 4.69) is 5.32 Å². The number of anilines is 1. The zero-order valence-electron chi connectivity index (χ0n) is 12.2. The van der Waals surface area contributed by atoms with E-state index >= 15 is 0 Å². The van der Waals surface area contributed by atoms with E-state index in [-0.39, 0.29) is 24.7 Å². The Morgan fingerprint density at radius 3 is 2.55 bits per heavy atom. The molecular weight excluding hydrogens is 258 g/mol. The molecule has 0 aromatic heterocycles. The Balaban J connectivity index is 2.59. The molecule has 0 saturated heterocycles. The van der Waals surface area contributed by atoms with Crippen LogP contribution in [0.2, 0.25) is 0 Å². The van der Waals surface area contributed by atoms with Crippen LogP contribution in [0.15, 0.2) is 18.2 Å². The minimum absolute atomic E-state index is 0.0789. The molecule has 0 aliphatic rings. The van der Waals surface area contributed by atoms with Crippen LogP contribution in [0.5, 0.6) is 5.75 Å². The molecule has 1 aromatic rings. The number of hydrogen-bond acceptors (Lipinski definition) is 4. The second-order valence-electron chi connectivity index (χ2n) is 4.29. The summed E-state index contributed by atoms with van der Waals surface area (Å²) in [5, 5.41) is 2.75. The van der Waals surface area contributed by atoms with Crippen molar-refractivity contribution in [2.75, 3.05) is 18.5 Å². The summed E-state index contributed by atoms with van der Waals surface area (Å²) in [7, 11) is 0. The lowest BCUT2D eigenvalue weighted by Crippen LogP contribution is -2.15. The summed E-state index contributed by atoms with van der Waals surface area (Å²) in [6.07, 6.45) is 0.174. The van der Waals surface area contributed by atoms with Gasteiger partial charge in [-0.05, 0) is 38.5 Å². The fraction of sp³-hybridized carbons (Fsp3) is 0.467. The highest BCUT2D eigenvalue weighted by molar-refractivity contribution is 5.93. The minimum Gasteiger partial charge on any atom is -0.492 e. The lowest BCUT2D eigenvalue weighted by atomic mass is 10.2. The van der Waals surface area contributed by atoms with Crippen molar-refractivity contribution in [3.63, 3.8) is 0 Å². The molecule has 5 nitrogen and oxygen atoms in total. The molecule has 0 unspecified atom stereocenters. The highest BCUT2D eigenvalue weighted by Crippen LogP contribution is 2.25. The summed E-state index contributed by atoms with van der Waals surface area (Å²) in [4.78, 5) is 23.0. The van der Waals surface area contributed by atoms with Gasteiger partial charge in [-0.2, -0.15) is 0 Å². The molecular formula is C15H21NO4. The van der Waals surface area contributed by atoms with Gasteiger partial charge in [-0.15, -0.1) is 0 Å². The Hall–Kier alpha value is -2.04.